The van der Waals surface area contributed by atoms with Crippen molar-refractivity contribution in [3.63, 3.8) is 0 Å². The van der Waals surface area contributed by atoms with Gasteiger partial charge in [0, 0.05) is 5.56 Å². The van der Waals surface area contributed by atoms with Crippen LogP contribution in [0.5, 0.6) is 0 Å². The van der Waals surface area contributed by atoms with Crippen LogP contribution in [-0.2, 0) is 27.5 Å². The molecule has 0 spiro atoms. The average Bonchev–Trinajstić information content (AvgIpc) is 2.82. The molecule has 0 unspecified atom stereocenters. The molecule has 4 aromatic rings. The van der Waals surface area contributed by atoms with E-state index in [2.05, 4.69) is 0 Å². The predicted octanol–water partition coefficient (Wildman–Crippen LogP) is 6.47. The summed E-state index contributed by atoms with van der Waals surface area (Å²) in [6, 6.07) is 27.4. The number of hydrogen-bond acceptors (Lipinski definition) is 4. The third-order valence-corrected chi connectivity index (χ3v) is 6.03. The normalized spacial score (nSPS) is 11.0. The largest absolute Gasteiger partial charge is 0.390 e. The summed E-state index contributed by atoms with van der Waals surface area (Å²) >= 11 is 13.3. The number of halogens is 2. The Kier molecular flexibility index (Phi) is 6.86. The molecule has 0 aliphatic rings. The Labute approximate surface area is 195 Å². The highest BCUT2D eigenvalue weighted by molar-refractivity contribution is 6.44. The molecule has 0 radical (unpaired) electrons. The second-order valence-electron chi connectivity index (χ2n) is 7.24. The zero-order chi connectivity index (χ0) is 22.5. The van der Waals surface area contributed by atoms with Crippen LogP contribution >= 0.6 is 23.2 Å². The van der Waals surface area contributed by atoms with Crippen molar-refractivity contribution in [1.29, 1.82) is 0 Å². The van der Waals surface area contributed by atoms with Gasteiger partial charge >= 0.3 is 5.97 Å². The van der Waals surface area contributed by atoms with E-state index in [9.17, 15) is 9.59 Å². The molecule has 32 heavy (non-hydrogen) atoms. The molecule has 0 bridgehead atoms. The summed E-state index contributed by atoms with van der Waals surface area (Å²) in [7, 11) is 0. The van der Waals surface area contributed by atoms with Gasteiger partial charge in [-0.05, 0) is 27.5 Å². The molecule has 0 heterocycles. The Hall–Kier alpha value is -3.18. The average molecular weight is 464 g/mol. The van der Waals surface area contributed by atoms with Crippen molar-refractivity contribution in [2.24, 2.45) is 0 Å². The summed E-state index contributed by atoms with van der Waals surface area (Å²) in [5.74, 6) is -0.976. The van der Waals surface area contributed by atoms with E-state index in [0.29, 0.717) is 22.2 Å². The quantitative estimate of drug-likeness (QED) is 0.179. The third kappa shape index (κ3) is 4.83. The van der Waals surface area contributed by atoms with Gasteiger partial charge in [-0.25, -0.2) is 4.79 Å². The minimum atomic E-state index is -0.976. The molecule has 4 aromatic carbocycles. The molecule has 0 saturated carbocycles. The molecule has 0 aliphatic carbocycles. The lowest BCUT2D eigenvalue weighted by molar-refractivity contribution is -0.195. The summed E-state index contributed by atoms with van der Waals surface area (Å²) in [6.07, 6.45) is 0.135. The lowest BCUT2D eigenvalue weighted by Crippen LogP contribution is -2.27. The van der Waals surface area contributed by atoms with Gasteiger partial charge in [0.15, 0.2) is 0 Å². The zero-order valence-electron chi connectivity index (χ0n) is 17.0. The van der Waals surface area contributed by atoms with Crippen molar-refractivity contribution >= 4 is 46.2 Å². The number of aldehydes is 1. The van der Waals surface area contributed by atoms with Crippen molar-refractivity contribution in [1.82, 2.24) is 5.06 Å². The molecular weight excluding hydrogens is 445 g/mol. The summed E-state index contributed by atoms with van der Waals surface area (Å²) in [5.41, 5.74) is 3.39. The van der Waals surface area contributed by atoms with Crippen molar-refractivity contribution in [2.45, 2.75) is 13.1 Å². The number of hydroxylamine groups is 2. The van der Waals surface area contributed by atoms with Crippen molar-refractivity contribution in [3.05, 3.63) is 106 Å². The highest BCUT2D eigenvalue weighted by Crippen LogP contribution is 2.39. The van der Waals surface area contributed by atoms with E-state index in [1.165, 1.54) is 5.06 Å². The Bertz CT molecular complexity index is 1270. The molecular formula is C26H19Cl2NO3. The highest BCUT2D eigenvalue weighted by atomic mass is 35.5. The number of hydrogen-bond donors (Lipinski definition) is 0. The second kappa shape index (κ2) is 9.96. The first-order valence-corrected chi connectivity index (χ1v) is 10.7. The van der Waals surface area contributed by atoms with E-state index >= 15 is 0 Å². The van der Waals surface area contributed by atoms with Crippen LogP contribution in [0.3, 0.4) is 0 Å². The number of benzene rings is 4. The maximum Gasteiger partial charge on any atom is 0.390 e. The van der Waals surface area contributed by atoms with Crippen LogP contribution < -0.4 is 0 Å². The Morgan fingerprint density at radius 2 is 1.50 bits per heavy atom. The molecule has 4 nitrogen and oxygen atoms in total. The van der Waals surface area contributed by atoms with Gasteiger partial charge in [0.25, 0.3) is 0 Å². The summed E-state index contributed by atoms with van der Waals surface area (Å²) in [5, 5.41) is 4.36. The minimum absolute atomic E-state index is 0.135. The summed E-state index contributed by atoms with van der Waals surface area (Å²) in [4.78, 5) is 27.7. The van der Waals surface area contributed by atoms with Crippen LogP contribution in [0, 0.1) is 0 Å². The molecule has 4 rings (SSSR count). The lowest BCUT2D eigenvalue weighted by atomic mass is 9.97. The fraction of sp³-hybridized carbons (Fsp3) is 0.0769. The maximum absolute atomic E-state index is 11.6. The summed E-state index contributed by atoms with van der Waals surface area (Å²) < 4.78 is 0. The van der Waals surface area contributed by atoms with Gasteiger partial charge < -0.3 is 4.84 Å². The molecule has 0 aromatic heterocycles. The van der Waals surface area contributed by atoms with Crippen LogP contribution in [0.25, 0.3) is 21.9 Å². The first-order chi connectivity index (χ1) is 15.6. The van der Waals surface area contributed by atoms with E-state index in [4.69, 9.17) is 28.0 Å². The molecule has 0 amide bonds. The van der Waals surface area contributed by atoms with Crippen molar-refractivity contribution in [3.8, 4) is 11.1 Å². The van der Waals surface area contributed by atoms with Gasteiger partial charge in [-0.3, -0.25) is 4.79 Å². The number of rotatable bonds is 7. The van der Waals surface area contributed by atoms with Gasteiger partial charge in [0.1, 0.15) is 0 Å². The van der Waals surface area contributed by atoms with E-state index < -0.39 is 5.97 Å². The number of carbonyl (C=O) groups excluding carboxylic acids is 2. The van der Waals surface area contributed by atoms with Crippen LogP contribution in [-0.4, -0.2) is 17.3 Å². The SMILES string of the molecule is O=CC(=O)ON(Cc1ccccc1)Cc1ccc(-c2cccc3ccccc23)c(Cl)c1Cl. The highest BCUT2D eigenvalue weighted by Gasteiger charge is 2.18. The Morgan fingerprint density at radius 3 is 2.28 bits per heavy atom. The smallest absolute Gasteiger partial charge is 0.361 e. The minimum Gasteiger partial charge on any atom is -0.361 e. The first-order valence-electron chi connectivity index (χ1n) is 9.98. The first kappa shape index (κ1) is 22.0. The third-order valence-electron chi connectivity index (χ3n) is 5.11. The van der Waals surface area contributed by atoms with Crippen molar-refractivity contribution < 1.29 is 14.4 Å². The van der Waals surface area contributed by atoms with E-state index in [-0.39, 0.29) is 12.8 Å². The lowest BCUT2D eigenvalue weighted by Gasteiger charge is -2.21. The topological polar surface area (TPSA) is 46.6 Å². The van der Waals surface area contributed by atoms with Gasteiger partial charge in [0.2, 0.25) is 6.29 Å². The summed E-state index contributed by atoms with van der Waals surface area (Å²) in [6.45, 7) is 0.461. The van der Waals surface area contributed by atoms with Gasteiger partial charge in [-0.1, -0.05) is 108 Å². The standard InChI is InChI=1S/C26H19Cl2NO3/c27-25-20(16-29(32-24(31)17-30)15-18-7-2-1-3-8-18)13-14-23(26(25)28)22-12-6-10-19-9-4-5-11-21(19)22/h1-14,17H,15-16H2. The predicted molar refractivity (Wildman–Crippen MR) is 127 cm³/mol. The van der Waals surface area contributed by atoms with Crippen molar-refractivity contribution in [2.75, 3.05) is 0 Å². The fourth-order valence-electron chi connectivity index (χ4n) is 3.63. The monoisotopic (exact) mass is 463 g/mol. The Balaban J connectivity index is 1.66. The molecule has 0 aliphatic heterocycles. The zero-order valence-corrected chi connectivity index (χ0v) is 18.5. The van der Waals surface area contributed by atoms with E-state index in [1.807, 2.05) is 84.9 Å². The van der Waals surface area contributed by atoms with Crippen LogP contribution in [0.4, 0.5) is 0 Å². The van der Waals surface area contributed by atoms with Gasteiger partial charge in [0.05, 0.1) is 23.1 Å². The van der Waals surface area contributed by atoms with E-state index in [1.54, 1.807) is 0 Å². The van der Waals surface area contributed by atoms with Gasteiger partial charge in [-0.15, -0.1) is 5.06 Å². The molecule has 160 valence electrons. The van der Waals surface area contributed by atoms with Crippen LogP contribution in [0.1, 0.15) is 11.1 Å². The van der Waals surface area contributed by atoms with Crippen LogP contribution in [0.2, 0.25) is 10.0 Å². The second-order valence-corrected chi connectivity index (χ2v) is 7.99. The van der Waals surface area contributed by atoms with Gasteiger partial charge in [-0.2, -0.15) is 0 Å². The molecule has 0 atom stereocenters. The molecule has 6 heteroatoms. The number of fused-ring (bicyclic) bond motifs is 1. The van der Waals surface area contributed by atoms with Crippen LogP contribution in [0.15, 0.2) is 84.9 Å². The molecule has 0 fully saturated rings. The Morgan fingerprint density at radius 1 is 0.781 bits per heavy atom. The number of nitrogens with zero attached hydrogens (tertiary/aromatic N) is 1. The molecule has 0 N–H and O–H groups in total. The number of carbonyl (C=O) groups is 2. The van der Waals surface area contributed by atoms with E-state index in [0.717, 1.165) is 27.5 Å². The maximum atomic E-state index is 11.6. The fourth-order valence-corrected chi connectivity index (χ4v) is 4.14. The molecule has 0 saturated heterocycles.